The first-order valence-corrected chi connectivity index (χ1v) is 9.66. The van der Waals surface area contributed by atoms with Gasteiger partial charge < -0.3 is 24.2 Å². The van der Waals surface area contributed by atoms with Crippen LogP contribution in [0.5, 0.6) is 0 Å². The minimum absolute atomic E-state index is 0.0295. The van der Waals surface area contributed by atoms with Crippen LogP contribution in [0.25, 0.3) is 0 Å². The first kappa shape index (κ1) is 22.3. The zero-order chi connectivity index (χ0) is 22.8. The summed E-state index contributed by atoms with van der Waals surface area (Å²) in [5.74, 6) is -1.72. The Bertz CT molecular complexity index is 1030. The summed E-state index contributed by atoms with van der Waals surface area (Å²) in [5.41, 5.74) is 0.774. The Morgan fingerprint density at radius 3 is 2.34 bits per heavy atom. The fraction of sp³-hybridized carbons (Fsp3) is 0.182. The SMILES string of the molecule is O=C(COC(=O)[C@H](Cc1ccccc1)NC(=O)c1ccco1)NC(=O)NCc1ccco1. The summed E-state index contributed by atoms with van der Waals surface area (Å²) in [7, 11) is 0. The van der Waals surface area contributed by atoms with E-state index in [-0.39, 0.29) is 18.7 Å². The number of ether oxygens (including phenoxy) is 1. The third-order valence-electron chi connectivity index (χ3n) is 4.22. The van der Waals surface area contributed by atoms with Gasteiger partial charge in [-0.05, 0) is 29.8 Å². The number of hydrogen-bond acceptors (Lipinski definition) is 7. The number of amides is 4. The van der Waals surface area contributed by atoms with Gasteiger partial charge in [0.25, 0.3) is 11.8 Å². The Balaban J connectivity index is 1.52. The lowest BCUT2D eigenvalue weighted by molar-refractivity contribution is -0.150. The summed E-state index contributed by atoms with van der Waals surface area (Å²) < 4.78 is 15.1. The lowest BCUT2D eigenvalue weighted by Gasteiger charge is -2.17. The van der Waals surface area contributed by atoms with E-state index < -0.39 is 36.5 Å². The Kier molecular flexibility index (Phi) is 7.79. The molecule has 1 atom stereocenters. The lowest BCUT2D eigenvalue weighted by Crippen LogP contribution is -2.45. The number of benzene rings is 1. The molecule has 0 bridgehead atoms. The summed E-state index contributed by atoms with van der Waals surface area (Å²) in [4.78, 5) is 48.6. The van der Waals surface area contributed by atoms with Gasteiger partial charge in [0.05, 0.1) is 19.1 Å². The molecule has 0 saturated heterocycles. The second-order valence-electron chi connectivity index (χ2n) is 6.61. The number of esters is 1. The highest BCUT2D eigenvalue weighted by Gasteiger charge is 2.25. The van der Waals surface area contributed by atoms with Gasteiger partial charge in [0.15, 0.2) is 12.4 Å². The number of furan rings is 2. The first-order valence-electron chi connectivity index (χ1n) is 9.66. The topological polar surface area (TPSA) is 140 Å². The van der Waals surface area contributed by atoms with Gasteiger partial charge in [0, 0.05) is 6.42 Å². The zero-order valence-electron chi connectivity index (χ0n) is 16.9. The van der Waals surface area contributed by atoms with Crippen molar-refractivity contribution in [1.29, 1.82) is 0 Å². The van der Waals surface area contributed by atoms with Crippen molar-refractivity contribution < 1.29 is 32.7 Å². The molecule has 0 aliphatic rings. The van der Waals surface area contributed by atoms with Crippen LogP contribution in [0.3, 0.4) is 0 Å². The molecule has 0 radical (unpaired) electrons. The van der Waals surface area contributed by atoms with E-state index >= 15 is 0 Å². The fourth-order valence-corrected chi connectivity index (χ4v) is 2.70. The number of rotatable bonds is 9. The predicted octanol–water partition coefficient (Wildman–Crippen LogP) is 1.78. The van der Waals surface area contributed by atoms with E-state index in [0.717, 1.165) is 5.56 Å². The van der Waals surface area contributed by atoms with E-state index in [4.69, 9.17) is 13.6 Å². The molecule has 3 aromatic rings. The molecule has 166 valence electrons. The van der Waals surface area contributed by atoms with Crippen LogP contribution in [0.2, 0.25) is 0 Å². The molecule has 0 spiro atoms. The molecule has 0 aliphatic carbocycles. The molecular weight excluding hydrogens is 418 g/mol. The van der Waals surface area contributed by atoms with Crippen molar-refractivity contribution in [2.45, 2.75) is 19.0 Å². The lowest BCUT2D eigenvalue weighted by atomic mass is 10.1. The van der Waals surface area contributed by atoms with Crippen molar-refractivity contribution in [3.63, 3.8) is 0 Å². The van der Waals surface area contributed by atoms with E-state index in [1.54, 1.807) is 42.5 Å². The van der Waals surface area contributed by atoms with Crippen LogP contribution in [-0.4, -0.2) is 36.5 Å². The Morgan fingerprint density at radius 1 is 0.906 bits per heavy atom. The Hall–Kier alpha value is -4.34. The van der Waals surface area contributed by atoms with Gasteiger partial charge in [-0.2, -0.15) is 0 Å². The van der Waals surface area contributed by atoms with Gasteiger partial charge in [0.2, 0.25) is 0 Å². The normalized spacial score (nSPS) is 11.2. The van der Waals surface area contributed by atoms with Gasteiger partial charge in [0.1, 0.15) is 11.8 Å². The Morgan fingerprint density at radius 2 is 1.66 bits per heavy atom. The second-order valence-corrected chi connectivity index (χ2v) is 6.61. The van der Waals surface area contributed by atoms with E-state index in [1.165, 1.54) is 18.6 Å². The van der Waals surface area contributed by atoms with Crippen molar-refractivity contribution in [3.8, 4) is 0 Å². The largest absolute Gasteiger partial charge is 0.467 e. The van der Waals surface area contributed by atoms with Crippen LogP contribution in [0.1, 0.15) is 21.9 Å². The van der Waals surface area contributed by atoms with Crippen LogP contribution < -0.4 is 16.0 Å². The number of imide groups is 1. The van der Waals surface area contributed by atoms with E-state index in [0.29, 0.717) is 5.76 Å². The molecule has 3 N–H and O–H groups in total. The number of nitrogens with one attached hydrogen (secondary N) is 3. The van der Waals surface area contributed by atoms with Crippen molar-refractivity contribution in [2.24, 2.45) is 0 Å². The average molecular weight is 439 g/mol. The van der Waals surface area contributed by atoms with Crippen molar-refractivity contribution in [1.82, 2.24) is 16.0 Å². The molecule has 0 fully saturated rings. The average Bonchev–Trinajstić information content (AvgIpc) is 3.51. The summed E-state index contributed by atoms with van der Waals surface area (Å²) in [6, 6.07) is 13.5. The third-order valence-corrected chi connectivity index (χ3v) is 4.22. The first-order chi connectivity index (χ1) is 15.5. The van der Waals surface area contributed by atoms with Crippen LogP contribution in [0, 0.1) is 0 Å². The number of carbonyl (C=O) groups excluding carboxylic acids is 4. The molecular formula is C22H21N3O7. The third kappa shape index (κ3) is 6.87. The van der Waals surface area contributed by atoms with E-state index in [2.05, 4.69) is 10.6 Å². The molecule has 4 amide bonds. The number of carbonyl (C=O) groups is 4. The molecule has 0 aliphatic heterocycles. The molecule has 32 heavy (non-hydrogen) atoms. The minimum atomic E-state index is -1.07. The maximum absolute atomic E-state index is 12.6. The van der Waals surface area contributed by atoms with Gasteiger partial charge in [-0.15, -0.1) is 0 Å². The second kappa shape index (κ2) is 11.2. The summed E-state index contributed by atoms with van der Waals surface area (Å²) in [6.45, 7) is -0.612. The van der Waals surface area contributed by atoms with Gasteiger partial charge in [-0.3, -0.25) is 14.9 Å². The number of urea groups is 1. The van der Waals surface area contributed by atoms with E-state index in [9.17, 15) is 19.2 Å². The van der Waals surface area contributed by atoms with Crippen LogP contribution in [0.4, 0.5) is 4.79 Å². The molecule has 10 heteroatoms. The fourth-order valence-electron chi connectivity index (χ4n) is 2.70. The van der Waals surface area contributed by atoms with E-state index in [1.807, 2.05) is 11.4 Å². The zero-order valence-corrected chi connectivity index (χ0v) is 16.9. The molecule has 2 aromatic heterocycles. The molecule has 3 rings (SSSR count). The maximum Gasteiger partial charge on any atom is 0.329 e. The standard InChI is InChI=1S/C22H21N3O7/c26-19(25-22(29)23-13-16-8-4-10-30-16)14-32-21(28)17(12-15-6-2-1-3-7-15)24-20(27)18-9-5-11-31-18/h1-11,17H,12-14H2,(H,24,27)(H2,23,25,26,29)/t17-/m0/s1. The quantitative estimate of drug-likeness (QED) is 0.432. The molecule has 0 unspecified atom stereocenters. The minimum Gasteiger partial charge on any atom is -0.467 e. The van der Waals surface area contributed by atoms with Crippen molar-refractivity contribution in [3.05, 3.63) is 84.2 Å². The number of hydrogen-bond donors (Lipinski definition) is 3. The van der Waals surface area contributed by atoms with Crippen LogP contribution in [-0.2, 0) is 27.3 Å². The van der Waals surface area contributed by atoms with Crippen molar-refractivity contribution >= 4 is 23.8 Å². The monoisotopic (exact) mass is 439 g/mol. The summed E-state index contributed by atoms with van der Waals surface area (Å²) in [5, 5.41) is 7.01. The summed E-state index contributed by atoms with van der Waals surface area (Å²) >= 11 is 0. The van der Waals surface area contributed by atoms with Crippen LogP contribution >= 0.6 is 0 Å². The highest BCUT2D eigenvalue weighted by Crippen LogP contribution is 2.07. The van der Waals surface area contributed by atoms with Gasteiger partial charge in [-0.25, -0.2) is 9.59 Å². The molecule has 0 saturated carbocycles. The summed E-state index contributed by atoms with van der Waals surface area (Å²) in [6.07, 6.45) is 2.92. The highest BCUT2D eigenvalue weighted by molar-refractivity contribution is 5.97. The Labute approximate surface area is 182 Å². The highest BCUT2D eigenvalue weighted by atomic mass is 16.5. The van der Waals surface area contributed by atoms with Crippen LogP contribution in [0.15, 0.2) is 76.0 Å². The smallest absolute Gasteiger partial charge is 0.329 e. The predicted molar refractivity (Wildman–Crippen MR) is 110 cm³/mol. The van der Waals surface area contributed by atoms with Crippen molar-refractivity contribution in [2.75, 3.05) is 6.61 Å². The maximum atomic E-state index is 12.6. The molecule has 10 nitrogen and oxygen atoms in total. The van der Waals surface area contributed by atoms with Gasteiger partial charge >= 0.3 is 12.0 Å². The van der Waals surface area contributed by atoms with Gasteiger partial charge in [-0.1, -0.05) is 30.3 Å². The molecule has 1 aromatic carbocycles. The molecule has 2 heterocycles.